The number of benzene rings is 1. The van der Waals surface area contributed by atoms with Crippen LogP contribution >= 0.6 is 0 Å². The van der Waals surface area contributed by atoms with Crippen LogP contribution in [0.4, 0.5) is 18.0 Å². The molecule has 0 saturated carbocycles. The van der Waals surface area contributed by atoms with Gasteiger partial charge < -0.3 is 19.3 Å². The van der Waals surface area contributed by atoms with E-state index in [4.69, 9.17) is 9.26 Å². The summed E-state index contributed by atoms with van der Waals surface area (Å²) in [7, 11) is 0. The number of halogens is 3. The lowest BCUT2D eigenvalue weighted by Crippen LogP contribution is -2.38. The van der Waals surface area contributed by atoms with E-state index in [1.54, 1.807) is 0 Å². The molecule has 0 spiro atoms. The van der Waals surface area contributed by atoms with E-state index in [0.717, 1.165) is 31.7 Å². The monoisotopic (exact) mass is 455 g/mol. The SMILES string of the molecule is CCCCCCCOc1ccc(-c2noc([C@@H]3CCCN(C(=O)O)C3)n2)cc1C(F)(F)F. The first-order valence-corrected chi connectivity index (χ1v) is 11.0. The van der Waals surface area contributed by atoms with Gasteiger partial charge in [-0.25, -0.2) is 4.79 Å². The summed E-state index contributed by atoms with van der Waals surface area (Å²) >= 11 is 0. The maximum absolute atomic E-state index is 13.6. The number of carbonyl (C=O) groups is 1. The molecule has 1 aromatic heterocycles. The second-order valence-electron chi connectivity index (χ2n) is 8.00. The van der Waals surface area contributed by atoms with Crippen molar-refractivity contribution in [3.63, 3.8) is 0 Å². The van der Waals surface area contributed by atoms with E-state index >= 15 is 0 Å². The van der Waals surface area contributed by atoms with Crippen molar-refractivity contribution < 1.29 is 32.3 Å². The number of rotatable bonds is 9. The Bertz CT molecular complexity index is 901. The third-order valence-electron chi connectivity index (χ3n) is 5.53. The first-order chi connectivity index (χ1) is 15.3. The molecule has 2 heterocycles. The molecule has 1 aromatic carbocycles. The molecule has 1 N–H and O–H groups in total. The molecule has 2 aromatic rings. The van der Waals surface area contributed by atoms with E-state index in [2.05, 4.69) is 17.1 Å². The summed E-state index contributed by atoms with van der Waals surface area (Å²) in [5, 5.41) is 13.0. The van der Waals surface area contributed by atoms with Crippen molar-refractivity contribution >= 4 is 6.09 Å². The molecular weight excluding hydrogens is 427 g/mol. The fourth-order valence-electron chi connectivity index (χ4n) is 3.77. The Hall–Kier alpha value is -2.78. The van der Waals surface area contributed by atoms with Gasteiger partial charge >= 0.3 is 12.3 Å². The van der Waals surface area contributed by atoms with E-state index in [0.29, 0.717) is 25.8 Å². The molecule has 1 amide bonds. The van der Waals surface area contributed by atoms with Crippen LogP contribution in [0.1, 0.15) is 69.2 Å². The number of hydrogen-bond acceptors (Lipinski definition) is 5. The van der Waals surface area contributed by atoms with Crippen LogP contribution in [-0.4, -0.2) is 45.9 Å². The summed E-state index contributed by atoms with van der Waals surface area (Å²) in [4.78, 5) is 16.7. The Labute approximate surface area is 184 Å². The smallest absolute Gasteiger partial charge is 0.419 e. The molecule has 1 aliphatic heterocycles. The number of piperidine rings is 1. The molecule has 0 radical (unpaired) electrons. The highest BCUT2D eigenvalue weighted by Gasteiger charge is 2.35. The van der Waals surface area contributed by atoms with Crippen molar-refractivity contribution in [3.8, 4) is 17.1 Å². The van der Waals surface area contributed by atoms with E-state index in [1.165, 1.54) is 17.0 Å². The van der Waals surface area contributed by atoms with Crippen molar-refractivity contribution in [2.24, 2.45) is 0 Å². The van der Waals surface area contributed by atoms with Crippen molar-refractivity contribution in [1.29, 1.82) is 0 Å². The predicted octanol–water partition coefficient (Wildman–Crippen LogP) is 5.96. The van der Waals surface area contributed by atoms with Gasteiger partial charge in [-0.3, -0.25) is 0 Å². The second kappa shape index (κ2) is 10.7. The minimum absolute atomic E-state index is 0.0315. The summed E-state index contributed by atoms with van der Waals surface area (Å²) in [5.74, 6) is -0.237. The maximum atomic E-state index is 13.6. The molecule has 1 atom stereocenters. The number of carboxylic acid groups (broad SMARTS) is 1. The predicted molar refractivity (Wildman–Crippen MR) is 111 cm³/mol. The van der Waals surface area contributed by atoms with Crippen molar-refractivity contribution in [2.75, 3.05) is 19.7 Å². The third kappa shape index (κ3) is 6.14. The number of unbranched alkanes of at least 4 members (excludes halogenated alkanes) is 4. The van der Waals surface area contributed by atoms with Crippen LogP contribution in [0.3, 0.4) is 0 Å². The number of nitrogens with zero attached hydrogens (tertiary/aromatic N) is 3. The Morgan fingerprint density at radius 2 is 2.06 bits per heavy atom. The quantitative estimate of drug-likeness (QED) is 0.469. The fourth-order valence-corrected chi connectivity index (χ4v) is 3.77. The molecule has 0 aliphatic carbocycles. The number of ether oxygens (including phenoxy) is 1. The van der Waals surface area contributed by atoms with Crippen LogP contribution in [0.2, 0.25) is 0 Å². The highest BCUT2D eigenvalue weighted by Crippen LogP contribution is 2.39. The lowest BCUT2D eigenvalue weighted by molar-refractivity contribution is -0.138. The van der Waals surface area contributed by atoms with E-state index in [-0.39, 0.29) is 42.1 Å². The van der Waals surface area contributed by atoms with Crippen molar-refractivity contribution in [3.05, 3.63) is 29.7 Å². The highest BCUT2D eigenvalue weighted by molar-refractivity contribution is 5.65. The summed E-state index contributed by atoms with van der Waals surface area (Å²) in [6.07, 6.45) is 0.553. The van der Waals surface area contributed by atoms with Crippen molar-refractivity contribution in [2.45, 2.75) is 64.0 Å². The summed E-state index contributed by atoms with van der Waals surface area (Å²) in [5.41, 5.74) is -0.724. The molecule has 7 nitrogen and oxygen atoms in total. The van der Waals surface area contributed by atoms with Gasteiger partial charge in [-0.15, -0.1) is 0 Å². The average Bonchev–Trinajstić information content (AvgIpc) is 3.26. The van der Waals surface area contributed by atoms with Crippen LogP contribution in [0, 0.1) is 0 Å². The van der Waals surface area contributed by atoms with Crippen LogP contribution in [0.25, 0.3) is 11.4 Å². The highest BCUT2D eigenvalue weighted by atomic mass is 19.4. The van der Waals surface area contributed by atoms with Gasteiger partial charge in [0.15, 0.2) is 0 Å². The molecule has 1 fully saturated rings. The molecule has 3 rings (SSSR count). The molecule has 176 valence electrons. The van der Waals surface area contributed by atoms with Crippen molar-refractivity contribution in [1.82, 2.24) is 15.0 Å². The Balaban J connectivity index is 1.72. The first kappa shape index (κ1) is 23.9. The van der Waals surface area contributed by atoms with Gasteiger partial charge in [0.2, 0.25) is 11.7 Å². The van der Waals surface area contributed by atoms with E-state index in [1.807, 2.05) is 0 Å². The van der Waals surface area contributed by atoms with Gasteiger partial charge in [0.25, 0.3) is 0 Å². The molecule has 1 saturated heterocycles. The number of likely N-dealkylation sites (tertiary alicyclic amines) is 1. The standard InChI is InChI=1S/C22H28F3N3O4/c1-2-3-4-5-6-12-31-18-10-9-15(13-17(18)22(23,24)25)19-26-20(32-27-19)16-8-7-11-28(14-16)21(29)30/h9-10,13,16H,2-8,11-12,14H2,1H3,(H,29,30)/t16-/m1/s1. The second-order valence-corrected chi connectivity index (χ2v) is 8.00. The van der Waals surface area contributed by atoms with Crippen LogP contribution in [0.5, 0.6) is 5.75 Å². The normalized spacial score (nSPS) is 16.9. The van der Waals surface area contributed by atoms with E-state index < -0.39 is 17.8 Å². The zero-order chi connectivity index (χ0) is 23.1. The van der Waals surface area contributed by atoms with Crippen LogP contribution < -0.4 is 4.74 Å². The lowest BCUT2D eigenvalue weighted by atomic mass is 9.98. The van der Waals surface area contributed by atoms with Gasteiger partial charge in [0, 0.05) is 18.7 Å². The lowest BCUT2D eigenvalue weighted by Gasteiger charge is -2.28. The largest absolute Gasteiger partial charge is 0.493 e. The van der Waals surface area contributed by atoms with Gasteiger partial charge in [0.1, 0.15) is 5.75 Å². The number of hydrogen-bond donors (Lipinski definition) is 1. The summed E-state index contributed by atoms with van der Waals surface area (Å²) < 4.78 is 51.6. The van der Waals surface area contributed by atoms with Gasteiger partial charge in [-0.2, -0.15) is 18.2 Å². The Morgan fingerprint density at radius 3 is 2.78 bits per heavy atom. The van der Waals surface area contributed by atoms with Gasteiger partial charge in [-0.05, 0) is 37.5 Å². The number of amides is 1. The molecule has 32 heavy (non-hydrogen) atoms. The molecular formula is C22H28F3N3O4. The fraction of sp³-hybridized carbons (Fsp3) is 0.591. The Morgan fingerprint density at radius 1 is 1.28 bits per heavy atom. The average molecular weight is 455 g/mol. The Kier molecular flexibility index (Phi) is 7.98. The molecule has 10 heteroatoms. The van der Waals surface area contributed by atoms with E-state index in [9.17, 15) is 23.1 Å². The molecule has 0 bridgehead atoms. The van der Waals surface area contributed by atoms with Gasteiger partial charge in [-0.1, -0.05) is 37.8 Å². The first-order valence-electron chi connectivity index (χ1n) is 11.0. The minimum atomic E-state index is -4.59. The topological polar surface area (TPSA) is 88.7 Å². The van der Waals surface area contributed by atoms with Gasteiger partial charge in [0.05, 0.1) is 18.1 Å². The third-order valence-corrected chi connectivity index (χ3v) is 5.53. The molecule has 0 unspecified atom stereocenters. The zero-order valence-electron chi connectivity index (χ0n) is 18.0. The maximum Gasteiger partial charge on any atom is 0.419 e. The minimum Gasteiger partial charge on any atom is -0.493 e. The summed E-state index contributed by atoms with van der Waals surface area (Å²) in [6, 6.07) is 3.72. The number of aromatic nitrogens is 2. The molecule has 1 aliphatic rings. The van der Waals surface area contributed by atoms with Crippen LogP contribution in [0.15, 0.2) is 22.7 Å². The number of alkyl halides is 3. The summed E-state index contributed by atoms with van der Waals surface area (Å²) in [6.45, 7) is 2.97. The zero-order valence-corrected chi connectivity index (χ0v) is 18.0. The van der Waals surface area contributed by atoms with Crippen LogP contribution in [-0.2, 0) is 6.18 Å².